The van der Waals surface area contributed by atoms with E-state index in [1.165, 1.54) is 0 Å². The first kappa shape index (κ1) is 16.0. The Kier molecular flexibility index (Phi) is 3.68. The highest BCUT2D eigenvalue weighted by atomic mass is 16.3. The van der Waals surface area contributed by atoms with Gasteiger partial charge in [-0.25, -0.2) is 4.98 Å². The molecule has 0 saturated carbocycles. The van der Waals surface area contributed by atoms with Crippen molar-refractivity contribution in [2.75, 3.05) is 6.54 Å². The molecule has 136 valence electrons. The Labute approximate surface area is 155 Å². The molecule has 0 bridgehead atoms. The summed E-state index contributed by atoms with van der Waals surface area (Å²) in [5.74, 6) is 1.07. The van der Waals surface area contributed by atoms with Gasteiger partial charge < -0.3 is 9.40 Å². The summed E-state index contributed by atoms with van der Waals surface area (Å²) in [6.07, 6.45) is 2.31. The Morgan fingerprint density at radius 3 is 2.96 bits per heavy atom. The van der Waals surface area contributed by atoms with Gasteiger partial charge >= 0.3 is 0 Å². The normalized spacial score (nSPS) is 14.6. The first-order chi connectivity index (χ1) is 13.2. The molecule has 1 aliphatic rings. The number of para-hydroxylation sites is 1. The van der Waals surface area contributed by atoms with E-state index in [4.69, 9.17) is 4.42 Å². The Hall–Kier alpha value is -3.19. The first-order valence-corrected chi connectivity index (χ1v) is 8.98. The van der Waals surface area contributed by atoms with Gasteiger partial charge in [0.1, 0.15) is 0 Å². The third-order valence-corrected chi connectivity index (χ3v) is 5.11. The van der Waals surface area contributed by atoms with Crippen LogP contribution in [0.1, 0.15) is 17.0 Å². The summed E-state index contributed by atoms with van der Waals surface area (Å²) >= 11 is 0. The molecule has 7 heteroatoms. The predicted molar refractivity (Wildman–Crippen MR) is 101 cm³/mol. The number of nitrogens with zero attached hydrogens (tertiary/aromatic N) is 4. The highest BCUT2D eigenvalue weighted by molar-refractivity contribution is 5.81. The van der Waals surface area contributed by atoms with Crippen LogP contribution in [0.15, 0.2) is 51.9 Å². The van der Waals surface area contributed by atoms with Gasteiger partial charge in [-0.05, 0) is 18.2 Å². The van der Waals surface area contributed by atoms with Gasteiger partial charge in [0, 0.05) is 38.5 Å². The Bertz CT molecular complexity index is 1170. The van der Waals surface area contributed by atoms with Gasteiger partial charge in [-0.3, -0.25) is 14.4 Å². The number of hydrogen-bond acceptors (Lipinski definition) is 5. The summed E-state index contributed by atoms with van der Waals surface area (Å²) in [7, 11) is 1.96. The second kappa shape index (κ2) is 6.21. The SMILES string of the molecule is Cn1nc(CN2CCc3nc(-c4ccco4)[nH]c(=O)c3C2)c2ccccc21. The topological polar surface area (TPSA) is 80.0 Å². The maximum absolute atomic E-state index is 12.6. The zero-order chi connectivity index (χ0) is 18.4. The quantitative estimate of drug-likeness (QED) is 0.606. The molecule has 1 aromatic carbocycles. The molecule has 0 atom stereocenters. The predicted octanol–water partition coefficient (Wildman–Crippen LogP) is 2.47. The minimum Gasteiger partial charge on any atom is -0.461 e. The Balaban J connectivity index is 1.43. The van der Waals surface area contributed by atoms with Crippen LogP contribution in [-0.2, 0) is 26.6 Å². The summed E-state index contributed by atoms with van der Waals surface area (Å²) in [6, 6.07) is 11.8. The fourth-order valence-electron chi connectivity index (χ4n) is 3.76. The van der Waals surface area contributed by atoms with Crippen LogP contribution in [0.2, 0.25) is 0 Å². The molecule has 3 aromatic heterocycles. The van der Waals surface area contributed by atoms with E-state index in [1.54, 1.807) is 18.4 Å². The van der Waals surface area contributed by atoms with E-state index in [-0.39, 0.29) is 5.56 Å². The van der Waals surface area contributed by atoms with Crippen molar-refractivity contribution in [3.63, 3.8) is 0 Å². The Morgan fingerprint density at radius 2 is 2.11 bits per heavy atom. The van der Waals surface area contributed by atoms with Crippen LogP contribution in [0.4, 0.5) is 0 Å². The lowest BCUT2D eigenvalue weighted by Gasteiger charge is -2.27. The maximum atomic E-state index is 12.6. The van der Waals surface area contributed by atoms with Gasteiger partial charge in [0.2, 0.25) is 0 Å². The van der Waals surface area contributed by atoms with Gasteiger partial charge in [-0.15, -0.1) is 0 Å². The number of furan rings is 1. The number of H-pyrrole nitrogens is 1. The van der Waals surface area contributed by atoms with Crippen LogP contribution in [0.3, 0.4) is 0 Å². The van der Waals surface area contributed by atoms with E-state index in [0.29, 0.717) is 24.7 Å². The number of aromatic nitrogens is 4. The fourth-order valence-corrected chi connectivity index (χ4v) is 3.76. The van der Waals surface area contributed by atoms with Gasteiger partial charge in [0.05, 0.1) is 28.7 Å². The molecular weight excluding hydrogens is 342 g/mol. The van der Waals surface area contributed by atoms with Gasteiger partial charge in [-0.1, -0.05) is 18.2 Å². The second-order valence-electron chi connectivity index (χ2n) is 6.87. The molecule has 1 aliphatic heterocycles. The maximum Gasteiger partial charge on any atom is 0.256 e. The van der Waals surface area contributed by atoms with Crippen LogP contribution in [0.25, 0.3) is 22.5 Å². The lowest BCUT2D eigenvalue weighted by molar-refractivity contribution is 0.239. The summed E-state index contributed by atoms with van der Waals surface area (Å²) in [5, 5.41) is 5.83. The van der Waals surface area contributed by atoms with Crippen molar-refractivity contribution in [2.45, 2.75) is 19.5 Å². The monoisotopic (exact) mass is 361 g/mol. The lowest BCUT2D eigenvalue weighted by atomic mass is 10.1. The van der Waals surface area contributed by atoms with Crippen molar-refractivity contribution in [1.82, 2.24) is 24.6 Å². The Morgan fingerprint density at radius 1 is 1.22 bits per heavy atom. The van der Waals surface area contributed by atoms with Crippen LogP contribution in [-0.4, -0.2) is 31.2 Å². The summed E-state index contributed by atoms with van der Waals surface area (Å²) < 4.78 is 7.26. The van der Waals surface area contributed by atoms with Crippen molar-refractivity contribution in [3.8, 4) is 11.6 Å². The highest BCUT2D eigenvalue weighted by Crippen LogP contribution is 2.23. The van der Waals surface area contributed by atoms with Gasteiger partial charge in [-0.2, -0.15) is 5.10 Å². The van der Waals surface area contributed by atoms with E-state index >= 15 is 0 Å². The molecule has 1 N–H and O–H groups in total. The zero-order valence-corrected chi connectivity index (χ0v) is 15.0. The fraction of sp³-hybridized carbons (Fsp3) is 0.250. The van der Waals surface area contributed by atoms with Gasteiger partial charge in [0.15, 0.2) is 11.6 Å². The van der Waals surface area contributed by atoms with Crippen LogP contribution < -0.4 is 5.56 Å². The van der Waals surface area contributed by atoms with E-state index in [1.807, 2.05) is 23.9 Å². The molecule has 27 heavy (non-hydrogen) atoms. The summed E-state index contributed by atoms with van der Waals surface area (Å²) in [4.78, 5) is 22.3. The van der Waals surface area contributed by atoms with Crippen LogP contribution >= 0.6 is 0 Å². The first-order valence-electron chi connectivity index (χ1n) is 8.98. The minimum absolute atomic E-state index is 0.0954. The molecule has 0 aliphatic carbocycles. The van der Waals surface area contributed by atoms with Crippen molar-refractivity contribution < 1.29 is 4.42 Å². The number of aryl methyl sites for hydroxylation is 1. The number of nitrogens with one attached hydrogen (secondary N) is 1. The third-order valence-electron chi connectivity index (χ3n) is 5.11. The van der Waals surface area contributed by atoms with E-state index in [2.05, 4.69) is 32.1 Å². The van der Waals surface area contributed by atoms with Crippen molar-refractivity contribution in [2.24, 2.45) is 7.05 Å². The van der Waals surface area contributed by atoms with Gasteiger partial charge in [0.25, 0.3) is 5.56 Å². The molecule has 0 fully saturated rings. The average Bonchev–Trinajstić information content (AvgIpc) is 3.32. The number of benzene rings is 1. The molecule has 5 rings (SSSR count). The summed E-state index contributed by atoms with van der Waals surface area (Å²) in [5.41, 5.74) is 3.65. The van der Waals surface area contributed by atoms with E-state index in [9.17, 15) is 4.79 Å². The molecule has 4 aromatic rings. The molecule has 4 heterocycles. The zero-order valence-electron chi connectivity index (χ0n) is 15.0. The second-order valence-corrected chi connectivity index (χ2v) is 6.87. The number of rotatable bonds is 3. The highest BCUT2D eigenvalue weighted by Gasteiger charge is 2.23. The molecule has 7 nitrogen and oxygen atoms in total. The molecule has 0 amide bonds. The smallest absolute Gasteiger partial charge is 0.256 e. The number of aromatic amines is 1. The lowest BCUT2D eigenvalue weighted by Crippen LogP contribution is -2.35. The molecule has 0 spiro atoms. The molecular formula is C20H19N5O2. The minimum atomic E-state index is -0.0954. The average molecular weight is 361 g/mol. The molecule has 0 saturated heterocycles. The molecule has 0 radical (unpaired) electrons. The molecule has 0 unspecified atom stereocenters. The van der Waals surface area contributed by atoms with Crippen molar-refractivity contribution in [3.05, 3.63) is 70.0 Å². The number of hydrogen-bond donors (Lipinski definition) is 1. The van der Waals surface area contributed by atoms with Crippen molar-refractivity contribution >= 4 is 10.9 Å². The largest absolute Gasteiger partial charge is 0.461 e. The third kappa shape index (κ3) is 2.76. The van der Waals surface area contributed by atoms with Crippen LogP contribution in [0, 0.1) is 0 Å². The van der Waals surface area contributed by atoms with E-state index < -0.39 is 0 Å². The summed E-state index contributed by atoms with van der Waals surface area (Å²) in [6.45, 7) is 2.12. The van der Waals surface area contributed by atoms with Crippen LogP contribution in [0.5, 0.6) is 0 Å². The standard InChI is InChI=1S/C20H19N5O2/c1-24-17-6-3-2-5-13(17)16(23-24)12-25-9-8-15-14(11-25)20(26)22-19(21-15)18-7-4-10-27-18/h2-7,10H,8-9,11-12H2,1H3,(H,21,22,26). The van der Waals surface area contributed by atoms with Crippen molar-refractivity contribution in [1.29, 1.82) is 0 Å². The number of fused-ring (bicyclic) bond motifs is 2. The van der Waals surface area contributed by atoms with E-state index in [0.717, 1.165) is 40.8 Å².